The molecule has 2 aliphatic carbocycles. The molecule has 0 radical (unpaired) electrons. The SMILES string of the molecule is CC(C)C1=CC(N(c2ccccc2)c2ccccc2)C2=CCc3c(C(C)C)cc(N(c4ccccc4)c4cc5ccccc5cn4)c4ccc1c2c34. The van der Waals surface area contributed by atoms with E-state index >= 15 is 0 Å². The van der Waals surface area contributed by atoms with E-state index in [-0.39, 0.29) is 6.04 Å². The van der Waals surface area contributed by atoms with Gasteiger partial charge in [0.05, 0.1) is 11.7 Å². The maximum atomic E-state index is 5.12. The van der Waals surface area contributed by atoms with E-state index in [1.165, 1.54) is 66.6 Å². The monoisotopic (exact) mass is 673 g/mol. The van der Waals surface area contributed by atoms with E-state index < -0.39 is 0 Å². The van der Waals surface area contributed by atoms with Crippen LogP contribution in [0.15, 0.2) is 158 Å². The van der Waals surface area contributed by atoms with Crippen molar-refractivity contribution < 1.29 is 0 Å². The van der Waals surface area contributed by atoms with Gasteiger partial charge < -0.3 is 4.90 Å². The lowest BCUT2D eigenvalue weighted by Gasteiger charge is -2.41. The van der Waals surface area contributed by atoms with Crippen LogP contribution < -0.4 is 9.80 Å². The van der Waals surface area contributed by atoms with Crippen LogP contribution in [-0.2, 0) is 6.42 Å². The maximum absolute atomic E-state index is 5.12. The molecule has 1 unspecified atom stereocenters. The van der Waals surface area contributed by atoms with Crippen molar-refractivity contribution in [1.29, 1.82) is 0 Å². The standard InChI is InChI=1S/C49H43N3/c1-32(2)43-29-45(51(36-18-8-5-9-19-36)37-20-10-6-11-21-37)41-26-24-40-44(33(3)4)30-46(42-27-25-39(43)48(41)49(40)42)52(38-22-12-7-13-23-38)47-28-34-16-14-15-17-35(34)31-50-47/h5-23,25-33,45H,24H2,1-4H3. The van der Waals surface area contributed by atoms with Gasteiger partial charge in [-0.2, -0.15) is 0 Å². The lowest BCUT2D eigenvalue weighted by molar-refractivity contribution is 0.831. The van der Waals surface area contributed by atoms with Crippen molar-refractivity contribution in [3.63, 3.8) is 0 Å². The summed E-state index contributed by atoms with van der Waals surface area (Å²) in [4.78, 5) is 10.0. The lowest BCUT2D eigenvalue weighted by atomic mass is 9.72. The molecule has 0 saturated carbocycles. The highest BCUT2D eigenvalue weighted by atomic mass is 15.2. The molecular weight excluding hydrogens is 631 g/mol. The Kier molecular flexibility index (Phi) is 8.00. The topological polar surface area (TPSA) is 19.4 Å². The van der Waals surface area contributed by atoms with E-state index in [4.69, 9.17) is 4.98 Å². The zero-order chi connectivity index (χ0) is 35.3. The average Bonchev–Trinajstić information content (AvgIpc) is 3.18. The third-order valence-electron chi connectivity index (χ3n) is 10.9. The fourth-order valence-electron chi connectivity index (χ4n) is 8.51. The second kappa shape index (κ2) is 13.0. The molecule has 7 aromatic rings. The number of allylic oxidation sites excluding steroid dienone is 2. The molecule has 254 valence electrons. The quantitative estimate of drug-likeness (QED) is 0.160. The number of fused-ring (bicyclic) bond motifs is 1. The van der Waals surface area contributed by atoms with E-state index in [1.807, 2.05) is 6.20 Å². The minimum Gasteiger partial charge on any atom is -0.330 e. The Hall–Kier alpha value is -5.93. The molecule has 9 rings (SSSR count). The fourth-order valence-corrected chi connectivity index (χ4v) is 8.51. The molecular formula is C49H43N3. The highest BCUT2D eigenvalue weighted by Gasteiger charge is 2.36. The molecule has 0 aliphatic heterocycles. The molecule has 1 heterocycles. The van der Waals surface area contributed by atoms with Crippen LogP contribution in [0.5, 0.6) is 0 Å². The molecule has 1 aromatic heterocycles. The Morgan fingerprint density at radius 3 is 1.88 bits per heavy atom. The van der Waals surface area contributed by atoms with E-state index in [9.17, 15) is 0 Å². The van der Waals surface area contributed by atoms with Crippen molar-refractivity contribution >= 4 is 61.3 Å². The Morgan fingerprint density at radius 1 is 0.635 bits per heavy atom. The van der Waals surface area contributed by atoms with E-state index in [1.54, 1.807) is 0 Å². The minimum absolute atomic E-state index is 0.0342. The number of nitrogens with zero attached hydrogens (tertiary/aromatic N) is 3. The van der Waals surface area contributed by atoms with Gasteiger partial charge in [-0.1, -0.05) is 131 Å². The molecule has 0 saturated heterocycles. The number of hydrogen-bond donors (Lipinski definition) is 0. The Labute approximate surface area is 307 Å². The second-order valence-corrected chi connectivity index (χ2v) is 14.7. The van der Waals surface area contributed by atoms with Gasteiger partial charge >= 0.3 is 0 Å². The first-order valence-corrected chi connectivity index (χ1v) is 18.6. The summed E-state index contributed by atoms with van der Waals surface area (Å²) >= 11 is 0. The zero-order valence-corrected chi connectivity index (χ0v) is 30.3. The van der Waals surface area contributed by atoms with Gasteiger partial charge in [-0.25, -0.2) is 4.98 Å². The van der Waals surface area contributed by atoms with Gasteiger partial charge in [-0.05, 0) is 111 Å². The molecule has 0 spiro atoms. The Balaban J connectivity index is 1.34. The third-order valence-corrected chi connectivity index (χ3v) is 10.9. The number of pyridine rings is 1. The first kappa shape index (κ1) is 32.0. The van der Waals surface area contributed by atoms with E-state index in [2.05, 4.69) is 189 Å². The van der Waals surface area contributed by atoms with Crippen LogP contribution in [0.2, 0.25) is 0 Å². The predicted molar refractivity (Wildman–Crippen MR) is 221 cm³/mol. The Morgan fingerprint density at radius 2 is 1.25 bits per heavy atom. The predicted octanol–water partition coefficient (Wildman–Crippen LogP) is 13.2. The third kappa shape index (κ3) is 5.31. The minimum atomic E-state index is 0.0342. The molecule has 0 amide bonds. The summed E-state index contributed by atoms with van der Waals surface area (Å²) in [5.41, 5.74) is 13.0. The summed E-state index contributed by atoms with van der Waals surface area (Å²) in [5.74, 6) is 1.61. The van der Waals surface area contributed by atoms with Gasteiger partial charge in [-0.15, -0.1) is 0 Å². The van der Waals surface area contributed by atoms with Crippen molar-refractivity contribution in [2.45, 2.75) is 46.1 Å². The first-order valence-electron chi connectivity index (χ1n) is 18.6. The number of para-hydroxylation sites is 3. The van der Waals surface area contributed by atoms with Gasteiger partial charge in [0.25, 0.3) is 0 Å². The van der Waals surface area contributed by atoms with Crippen LogP contribution in [0.4, 0.5) is 28.6 Å². The normalized spacial score (nSPS) is 14.8. The summed E-state index contributed by atoms with van der Waals surface area (Å²) in [5, 5.41) is 4.96. The molecule has 0 bridgehead atoms. The van der Waals surface area contributed by atoms with Gasteiger partial charge in [0.2, 0.25) is 0 Å². The fraction of sp³-hybridized carbons (Fsp3) is 0.163. The number of aromatic nitrogens is 1. The summed E-state index contributed by atoms with van der Waals surface area (Å²) in [6, 6.07) is 50.6. The van der Waals surface area contributed by atoms with Crippen molar-refractivity contribution in [3.8, 4) is 0 Å². The van der Waals surface area contributed by atoms with Gasteiger partial charge in [0, 0.05) is 34.0 Å². The van der Waals surface area contributed by atoms with Crippen molar-refractivity contribution in [2.75, 3.05) is 9.80 Å². The molecule has 0 N–H and O–H groups in total. The molecule has 6 aromatic carbocycles. The van der Waals surface area contributed by atoms with Crippen LogP contribution in [0.1, 0.15) is 55.9 Å². The lowest BCUT2D eigenvalue weighted by Crippen LogP contribution is -2.34. The van der Waals surface area contributed by atoms with Crippen LogP contribution >= 0.6 is 0 Å². The highest BCUT2D eigenvalue weighted by Crippen LogP contribution is 2.52. The summed E-state index contributed by atoms with van der Waals surface area (Å²) in [7, 11) is 0. The molecule has 3 nitrogen and oxygen atoms in total. The summed E-state index contributed by atoms with van der Waals surface area (Å²) < 4.78 is 0. The average molecular weight is 674 g/mol. The maximum Gasteiger partial charge on any atom is 0.138 e. The van der Waals surface area contributed by atoms with Crippen LogP contribution in [-0.4, -0.2) is 11.0 Å². The van der Waals surface area contributed by atoms with Crippen LogP contribution in [0, 0.1) is 5.92 Å². The highest BCUT2D eigenvalue weighted by molar-refractivity contribution is 6.12. The van der Waals surface area contributed by atoms with Crippen molar-refractivity contribution in [3.05, 3.63) is 180 Å². The first-order chi connectivity index (χ1) is 25.5. The number of anilines is 5. The van der Waals surface area contributed by atoms with Gasteiger partial charge in [0.15, 0.2) is 0 Å². The second-order valence-electron chi connectivity index (χ2n) is 14.7. The van der Waals surface area contributed by atoms with Crippen LogP contribution in [0.25, 0.3) is 32.7 Å². The molecule has 2 aliphatic rings. The largest absolute Gasteiger partial charge is 0.330 e. The molecule has 1 atom stereocenters. The smallest absolute Gasteiger partial charge is 0.138 e. The van der Waals surface area contributed by atoms with E-state index in [0.29, 0.717) is 11.8 Å². The van der Waals surface area contributed by atoms with Gasteiger partial charge in [0.1, 0.15) is 5.82 Å². The number of hydrogen-bond acceptors (Lipinski definition) is 3. The van der Waals surface area contributed by atoms with Crippen LogP contribution in [0.3, 0.4) is 0 Å². The number of benzene rings is 6. The van der Waals surface area contributed by atoms with Gasteiger partial charge in [-0.3, -0.25) is 4.90 Å². The zero-order valence-electron chi connectivity index (χ0n) is 30.3. The molecule has 52 heavy (non-hydrogen) atoms. The number of rotatable bonds is 8. The van der Waals surface area contributed by atoms with E-state index in [0.717, 1.165) is 23.3 Å². The summed E-state index contributed by atoms with van der Waals surface area (Å²) in [6.45, 7) is 9.36. The molecule has 3 heteroatoms. The van der Waals surface area contributed by atoms with Crippen molar-refractivity contribution in [2.24, 2.45) is 5.92 Å². The molecule has 0 fully saturated rings. The summed E-state index contributed by atoms with van der Waals surface area (Å²) in [6.07, 6.45) is 7.98. The van der Waals surface area contributed by atoms with Crippen molar-refractivity contribution in [1.82, 2.24) is 4.98 Å². The Bertz CT molecular complexity index is 2460.